The summed E-state index contributed by atoms with van der Waals surface area (Å²) in [6.07, 6.45) is 2.17. The van der Waals surface area contributed by atoms with Gasteiger partial charge in [-0.25, -0.2) is 4.98 Å². The summed E-state index contributed by atoms with van der Waals surface area (Å²) in [5, 5.41) is 2.45. The van der Waals surface area contributed by atoms with Crippen LogP contribution >= 0.6 is 23.4 Å². The quantitative estimate of drug-likeness (QED) is 0.631. The molecule has 3 nitrogen and oxygen atoms in total. The summed E-state index contributed by atoms with van der Waals surface area (Å²) in [5.41, 5.74) is 1.59. The maximum absolute atomic E-state index is 13.0. The van der Waals surface area contributed by atoms with Crippen molar-refractivity contribution in [1.29, 1.82) is 0 Å². The lowest BCUT2D eigenvalue weighted by atomic mass is 10.1. The van der Waals surface area contributed by atoms with E-state index < -0.39 is 0 Å². The molecule has 0 radical (unpaired) electrons. The molecule has 2 heterocycles. The Labute approximate surface area is 156 Å². The van der Waals surface area contributed by atoms with Crippen molar-refractivity contribution < 1.29 is 4.79 Å². The fourth-order valence-electron chi connectivity index (χ4n) is 3.09. The average Bonchev–Trinajstić information content (AvgIpc) is 3.17. The molecule has 1 aliphatic heterocycles. The number of aromatic nitrogens is 1. The van der Waals surface area contributed by atoms with Crippen LogP contribution in [0.2, 0.25) is 5.02 Å². The molecule has 1 amide bonds. The summed E-state index contributed by atoms with van der Waals surface area (Å²) in [7, 11) is 0. The minimum Gasteiger partial charge on any atom is -0.339 e. The number of likely N-dealkylation sites (tertiary alicyclic amines) is 1. The van der Waals surface area contributed by atoms with E-state index >= 15 is 0 Å². The molecule has 0 N–H and O–H groups in total. The van der Waals surface area contributed by atoms with Crippen LogP contribution in [0.4, 0.5) is 0 Å². The first-order chi connectivity index (χ1) is 12.2. The van der Waals surface area contributed by atoms with Crippen LogP contribution in [0, 0.1) is 0 Å². The molecule has 3 aromatic rings. The Bertz CT molecular complexity index is 921. The number of pyridine rings is 1. The molecule has 1 aliphatic rings. The first-order valence-corrected chi connectivity index (χ1v) is 9.53. The average molecular weight is 369 g/mol. The smallest absolute Gasteiger partial charge is 0.254 e. The molecule has 0 saturated carbocycles. The first kappa shape index (κ1) is 16.4. The van der Waals surface area contributed by atoms with E-state index in [2.05, 4.69) is 0 Å². The van der Waals surface area contributed by atoms with Gasteiger partial charge in [0.05, 0.1) is 11.1 Å². The van der Waals surface area contributed by atoms with Gasteiger partial charge in [-0.15, -0.1) is 0 Å². The van der Waals surface area contributed by atoms with Gasteiger partial charge in [0, 0.05) is 28.4 Å². The summed E-state index contributed by atoms with van der Waals surface area (Å²) in [6.45, 7) is 1.68. The van der Waals surface area contributed by atoms with Gasteiger partial charge in [-0.2, -0.15) is 0 Å². The molecule has 2 aromatic carbocycles. The minimum absolute atomic E-state index is 0.106. The second-order valence-corrected chi connectivity index (χ2v) is 7.61. The molecule has 0 atom stereocenters. The van der Waals surface area contributed by atoms with E-state index in [0.29, 0.717) is 5.02 Å². The molecule has 126 valence electrons. The van der Waals surface area contributed by atoms with Crippen molar-refractivity contribution >= 4 is 40.2 Å². The Hall–Kier alpha value is -2.04. The minimum atomic E-state index is 0.106. The Kier molecular flexibility index (Phi) is 4.64. The summed E-state index contributed by atoms with van der Waals surface area (Å²) in [6, 6.07) is 17.4. The van der Waals surface area contributed by atoms with E-state index in [4.69, 9.17) is 16.6 Å². The van der Waals surface area contributed by atoms with E-state index in [1.165, 1.54) is 0 Å². The number of hydrogen-bond donors (Lipinski definition) is 0. The van der Waals surface area contributed by atoms with E-state index in [1.54, 1.807) is 11.8 Å². The Morgan fingerprint density at radius 1 is 1.04 bits per heavy atom. The van der Waals surface area contributed by atoms with Crippen molar-refractivity contribution in [3.63, 3.8) is 0 Å². The number of amides is 1. The molecule has 0 unspecified atom stereocenters. The van der Waals surface area contributed by atoms with Crippen molar-refractivity contribution in [2.24, 2.45) is 0 Å². The number of carbonyl (C=O) groups is 1. The van der Waals surface area contributed by atoms with E-state index in [9.17, 15) is 4.79 Å². The van der Waals surface area contributed by atoms with Crippen LogP contribution in [-0.4, -0.2) is 28.9 Å². The Morgan fingerprint density at radius 3 is 2.52 bits per heavy atom. The van der Waals surface area contributed by atoms with Crippen molar-refractivity contribution in [3.8, 4) is 0 Å². The molecule has 4 rings (SSSR count). The van der Waals surface area contributed by atoms with E-state index in [0.717, 1.165) is 52.3 Å². The Balaban J connectivity index is 1.75. The lowest BCUT2D eigenvalue weighted by Crippen LogP contribution is -2.27. The number of hydrogen-bond acceptors (Lipinski definition) is 3. The standard InChI is InChI=1S/C20H17ClN2OS/c21-14-7-9-15(10-8-14)25-19-13-17(20(24)23-11-3-4-12-23)16-5-1-2-6-18(16)22-19/h1-2,5-10,13H,3-4,11-12H2. The number of rotatable bonds is 3. The monoisotopic (exact) mass is 368 g/mol. The molecule has 1 fully saturated rings. The highest BCUT2D eigenvalue weighted by Gasteiger charge is 2.22. The number of halogens is 1. The van der Waals surface area contributed by atoms with Gasteiger partial charge in [0.15, 0.2) is 0 Å². The lowest BCUT2D eigenvalue weighted by molar-refractivity contribution is 0.0794. The highest BCUT2D eigenvalue weighted by atomic mass is 35.5. The number of fused-ring (bicyclic) bond motifs is 1. The highest BCUT2D eigenvalue weighted by Crippen LogP contribution is 2.31. The zero-order valence-corrected chi connectivity index (χ0v) is 15.2. The number of benzene rings is 2. The molecular weight excluding hydrogens is 352 g/mol. The maximum Gasteiger partial charge on any atom is 0.254 e. The molecule has 0 bridgehead atoms. The predicted octanol–water partition coefficient (Wildman–Crippen LogP) is 5.28. The van der Waals surface area contributed by atoms with Gasteiger partial charge in [0.1, 0.15) is 5.03 Å². The third-order valence-corrected chi connectivity index (χ3v) is 5.53. The van der Waals surface area contributed by atoms with Gasteiger partial charge in [-0.1, -0.05) is 41.6 Å². The second kappa shape index (κ2) is 7.06. The predicted molar refractivity (Wildman–Crippen MR) is 102 cm³/mol. The largest absolute Gasteiger partial charge is 0.339 e. The maximum atomic E-state index is 13.0. The second-order valence-electron chi connectivity index (χ2n) is 6.08. The zero-order chi connectivity index (χ0) is 17.2. The van der Waals surface area contributed by atoms with Gasteiger partial charge in [0.2, 0.25) is 0 Å². The van der Waals surface area contributed by atoms with Crippen molar-refractivity contribution in [1.82, 2.24) is 9.88 Å². The normalized spacial score (nSPS) is 14.2. The number of carbonyl (C=O) groups excluding carboxylic acids is 1. The molecule has 5 heteroatoms. The van der Waals surface area contributed by atoms with Crippen LogP contribution in [0.1, 0.15) is 23.2 Å². The van der Waals surface area contributed by atoms with Crippen LogP contribution in [0.3, 0.4) is 0 Å². The van der Waals surface area contributed by atoms with Gasteiger partial charge >= 0.3 is 0 Å². The van der Waals surface area contributed by atoms with E-state index in [1.807, 2.05) is 59.5 Å². The van der Waals surface area contributed by atoms with Crippen LogP contribution < -0.4 is 0 Å². The van der Waals surface area contributed by atoms with Crippen molar-refractivity contribution in [2.45, 2.75) is 22.8 Å². The summed E-state index contributed by atoms with van der Waals surface area (Å²) < 4.78 is 0. The molecule has 1 saturated heterocycles. The summed E-state index contributed by atoms with van der Waals surface area (Å²) in [4.78, 5) is 20.7. The Morgan fingerprint density at radius 2 is 1.76 bits per heavy atom. The van der Waals surface area contributed by atoms with Gasteiger partial charge in [0.25, 0.3) is 5.91 Å². The topological polar surface area (TPSA) is 33.2 Å². The van der Waals surface area contributed by atoms with Gasteiger partial charge < -0.3 is 4.90 Å². The lowest BCUT2D eigenvalue weighted by Gasteiger charge is -2.17. The highest BCUT2D eigenvalue weighted by molar-refractivity contribution is 7.99. The summed E-state index contributed by atoms with van der Waals surface area (Å²) in [5.74, 6) is 0.106. The molecule has 25 heavy (non-hydrogen) atoms. The zero-order valence-electron chi connectivity index (χ0n) is 13.6. The SMILES string of the molecule is O=C(c1cc(Sc2ccc(Cl)cc2)nc2ccccc12)N1CCCC1. The van der Waals surface area contributed by atoms with Crippen molar-refractivity contribution in [2.75, 3.05) is 13.1 Å². The van der Waals surface area contributed by atoms with Crippen molar-refractivity contribution in [3.05, 3.63) is 65.2 Å². The number of para-hydroxylation sites is 1. The molecule has 0 spiro atoms. The number of nitrogens with zero attached hydrogens (tertiary/aromatic N) is 2. The van der Waals surface area contributed by atoms with Crippen LogP contribution in [0.15, 0.2) is 64.5 Å². The third kappa shape index (κ3) is 3.51. The van der Waals surface area contributed by atoms with Gasteiger partial charge in [-0.3, -0.25) is 4.79 Å². The summed E-state index contributed by atoms with van der Waals surface area (Å²) >= 11 is 7.50. The molecular formula is C20H17ClN2OS. The third-order valence-electron chi connectivity index (χ3n) is 4.35. The molecule has 1 aromatic heterocycles. The van der Waals surface area contributed by atoms with Crippen LogP contribution in [0.25, 0.3) is 10.9 Å². The van der Waals surface area contributed by atoms with Crippen LogP contribution in [0.5, 0.6) is 0 Å². The van der Waals surface area contributed by atoms with Crippen LogP contribution in [-0.2, 0) is 0 Å². The fraction of sp³-hybridized carbons (Fsp3) is 0.200. The first-order valence-electron chi connectivity index (χ1n) is 8.33. The fourth-order valence-corrected chi connectivity index (χ4v) is 4.05. The molecule has 0 aliphatic carbocycles. The van der Waals surface area contributed by atoms with E-state index in [-0.39, 0.29) is 5.91 Å². The van der Waals surface area contributed by atoms with Gasteiger partial charge in [-0.05, 0) is 49.2 Å².